The molecule has 28 heavy (non-hydrogen) atoms. The number of fused-ring (bicyclic) bond motifs is 1. The zero-order chi connectivity index (χ0) is 19.7. The molecule has 148 valence electrons. The number of ether oxygens (including phenoxy) is 1. The van der Waals surface area contributed by atoms with Crippen molar-refractivity contribution >= 4 is 55.7 Å². The molecule has 1 saturated heterocycles. The molecule has 1 amide bonds. The highest BCUT2D eigenvalue weighted by atomic mass is 35.5. The SMILES string of the molecule is Cc1nnsc1C(=O)N(CCN1CCOCC1)c1nc2c(C)ccc(Cl)c2s1. The molecule has 2 aromatic heterocycles. The number of carbonyl (C=O) groups excluding carboxylic acids is 1. The molecule has 0 N–H and O–H groups in total. The summed E-state index contributed by atoms with van der Waals surface area (Å²) in [6, 6.07) is 3.82. The molecule has 0 atom stereocenters. The molecule has 0 bridgehead atoms. The fourth-order valence-electron chi connectivity index (χ4n) is 3.11. The topological polar surface area (TPSA) is 71.5 Å². The van der Waals surface area contributed by atoms with Crippen molar-refractivity contribution in [3.05, 3.63) is 33.3 Å². The average molecular weight is 438 g/mol. The van der Waals surface area contributed by atoms with Gasteiger partial charge in [-0.3, -0.25) is 14.6 Å². The van der Waals surface area contributed by atoms with E-state index in [9.17, 15) is 4.79 Å². The van der Waals surface area contributed by atoms with Crippen molar-refractivity contribution in [2.75, 3.05) is 44.3 Å². The second kappa shape index (κ2) is 8.38. The van der Waals surface area contributed by atoms with Crippen LogP contribution in [0.2, 0.25) is 5.02 Å². The Bertz CT molecular complexity index is 960. The lowest BCUT2D eigenvalue weighted by Gasteiger charge is -2.29. The summed E-state index contributed by atoms with van der Waals surface area (Å²) in [5, 5.41) is 5.29. The molecule has 7 nitrogen and oxygen atoms in total. The molecule has 3 aromatic rings. The van der Waals surface area contributed by atoms with Gasteiger partial charge in [0.15, 0.2) is 5.13 Å². The van der Waals surface area contributed by atoms with Crippen molar-refractivity contribution in [2.24, 2.45) is 0 Å². The minimum Gasteiger partial charge on any atom is -0.379 e. The maximum atomic E-state index is 13.3. The number of aromatic nitrogens is 3. The van der Waals surface area contributed by atoms with E-state index >= 15 is 0 Å². The Hall–Kier alpha value is -1.65. The van der Waals surface area contributed by atoms with Crippen molar-refractivity contribution < 1.29 is 9.53 Å². The van der Waals surface area contributed by atoms with Crippen LogP contribution in [0.25, 0.3) is 10.2 Å². The van der Waals surface area contributed by atoms with E-state index in [0.29, 0.717) is 27.3 Å². The van der Waals surface area contributed by atoms with Gasteiger partial charge in [0.1, 0.15) is 4.88 Å². The highest BCUT2D eigenvalue weighted by molar-refractivity contribution is 7.23. The smallest absolute Gasteiger partial charge is 0.273 e. The van der Waals surface area contributed by atoms with Gasteiger partial charge in [0.05, 0.1) is 34.1 Å². The molecule has 1 fully saturated rings. The van der Waals surface area contributed by atoms with Crippen LogP contribution in [0.3, 0.4) is 0 Å². The Kier molecular flexibility index (Phi) is 5.88. The summed E-state index contributed by atoms with van der Waals surface area (Å²) in [4.78, 5) is 22.6. The minimum absolute atomic E-state index is 0.117. The second-order valence-corrected chi connectivity index (χ2v) is 8.78. The van der Waals surface area contributed by atoms with Crippen LogP contribution in [0.15, 0.2) is 12.1 Å². The first-order chi connectivity index (χ1) is 13.5. The molecule has 4 rings (SSSR count). The van der Waals surface area contributed by atoms with Crippen LogP contribution in [0.1, 0.15) is 20.9 Å². The van der Waals surface area contributed by atoms with Crippen molar-refractivity contribution in [2.45, 2.75) is 13.8 Å². The number of carbonyl (C=O) groups is 1. The molecule has 1 aliphatic heterocycles. The molecule has 0 spiro atoms. The van der Waals surface area contributed by atoms with E-state index in [1.807, 2.05) is 19.1 Å². The number of hydrogen-bond donors (Lipinski definition) is 0. The van der Waals surface area contributed by atoms with Crippen LogP contribution in [-0.2, 0) is 4.74 Å². The molecular formula is C18H20ClN5O2S2. The summed E-state index contributed by atoms with van der Waals surface area (Å²) < 4.78 is 10.2. The Balaban J connectivity index is 1.67. The van der Waals surface area contributed by atoms with E-state index in [-0.39, 0.29) is 5.91 Å². The van der Waals surface area contributed by atoms with Crippen LogP contribution < -0.4 is 4.90 Å². The van der Waals surface area contributed by atoms with Crippen LogP contribution in [0, 0.1) is 13.8 Å². The van der Waals surface area contributed by atoms with Crippen LogP contribution in [0.5, 0.6) is 0 Å². The zero-order valence-corrected chi connectivity index (χ0v) is 18.0. The number of rotatable bonds is 5. The Labute approximate surface area is 176 Å². The highest BCUT2D eigenvalue weighted by Crippen LogP contribution is 2.36. The third-order valence-electron chi connectivity index (χ3n) is 4.75. The molecule has 3 heterocycles. The summed E-state index contributed by atoms with van der Waals surface area (Å²) in [7, 11) is 0. The number of aryl methyl sites for hydroxylation is 2. The number of anilines is 1. The van der Waals surface area contributed by atoms with Gasteiger partial charge >= 0.3 is 0 Å². The lowest BCUT2D eigenvalue weighted by Crippen LogP contribution is -2.43. The van der Waals surface area contributed by atoms with Gasteiger partial charge in [0.2, 0.25) is 0 Å². The molecule has 10 heteroatoms. The fraction of sp³-hybridized carbons (Fsp3) is 0.444. The van der Waals surface area contributed by atoms with E-state index in [2.05, 4.69) is 14.5 Å². The van der Waals surface area contributed by atoms with E-state index in [4.69, 9.17) is 21.3 Å². The van der Waals surface area contributed by atoms with Crippen molar-refractivity contribution in [1.82, 2.24) is 19.5 Å². The molecular weight excluding hydrogens is 418 g/mol. The maximum absolute atomic E-state index is 13.3. The zero-order valence-electron chi connectivity index (χ0n) is 15.6. The van der Waals surface area contributed by atoms with Gasteiger partial charge in [-0.05, 0) is 37.0 Å². The Morgan fingerprint density at radius 3 is 2.79 bits per heavy atom. The molecule has 0 saturated carbocycles. The molecule has 0 radical (unpaired) electrons. The standard InChI is InChI=1S/C18H20ClN5O2S2/c1-11-3-4-13(19)16-14(11)20-18(27-16)24(6-5-23-7-9-26-10-8-23)17(25)15-12(2)21-22-28-15/h3-4H,5-10H2,1-2H3. The number of nitrogens with zero attached hydrogens (tertiary/aromatic N) is 5. The monoisotopic (exact) mass is 437 g/mol. The first kappa shape index (κ1) is 19.7. The van der Waals surface area contributed by atoms with Crippen LogP contribution in [0.4, 0.5) is 5.13 Å². The fourth-order valence-corrected chi connectivity index (χ4v) is 5.05. The quantitative estimate of drug-likeness (QED) is 0.609. The molecule has 0 unspecified atom stereocenters. The van der Waals surface area contributed by atoms with Gasteiger partial charge in [0, 0.05) is 26.2 Å². The predicted octanol–water partition coefficient (Wildman–Crippen LogP) is 3.40. The summed E-state index contributed by atoms with van der Waals surface area (Å²) >= 11 is 8.94. The van der Waals surface area contributed by atoms with E-state index < -0.39 is 0 Å². The number of hydrogen-bond acceptors (Lipinski definition) is 8. The summed E-state index contributed by atoms with van der Waals surface area (Å²) in [6.45, 7) is 8.27. The first-order valence-electron chi connectivity index (χ1n) is 9.01. The van der Waals surface area contributed by atoms with Crippen molar-refractivity contribution in [3.8, 4) is 0 Å². The van der Waals surface area contributed by atoms with Gasteiger partial charge in [-0.15, -0.1) is 5.10 Å². The lowest BCUT2D eigenvalue weighted by molar-refractivity contribution is 0.0391. The number of amides is 1. The molecule has 1 aliphatic rings. The van der Waals surface area contributed by atoms with E-state index in [1.165, 1.54) is 11.3 Å². The third-order valence-corrected chi connectivity index (χ3v) is 7.11. The first-order valence-corrected chi connectivity index (χ1v) is 11.0. The Morgan fingerprint density at radius 1 is 1.32 bits per heavy atom. The number of halogens is 1. The summed E-state index contributed by atoms with van der Waals surface area (Å²) in [5.74, 6) is -0.117. The third kappa shape index (κ3) is 3.90. The summed E-state index contributed by atoms with van der Waals surface area (Å²) in [6.07, 6.45) is 0. The van der Waals surface area contributed by atoms with Gasteiger partial charge in [-0.2, -0.15) is 0 Å². The maximum Gasteiger partial charge on any atom is 0.273 e. The lowest BCUT2D eigenvalue weighted by atomic mass is 10.2. The predicted molar refractivity (Wildman–Crippen MR) is 113 cm³/mol. The number of morpholine rings is 1. The second-order valence-electron chi connectivity index (χ2n) is 6.64. The number of thiazole rings is 1. The van der Waals surface area contributed by atoms with Crippen molar-refractivity contribution in [3.63, 3.8) is 0 Å². The van der Waals surface area contributed by atoms with E-state index in [0.717, 1.165) is 60.2 Å². The molecule has 1 aromatic carbocycles. The largest absolute Gasteiger partial charge is 0.379 e. The van der Waals surface area contributed by atoms with Gasteiger partial charge in [0.25, 0.3) is 5.91 Å². The van der Waals surface area contributed by atoms with Gasteiger partial charge in [-0.25, -0.2) is 4.98 Å². The highest BCUT2D eigenvalue weighted by Gasteiger charge is 2.26. The summed E-state index contributed by atoms with van der Waals surface area (Å²) in [5.41, 5.74) is 2.52. The normalized spacial score (nSPS) is 15.2. The number of benzene rings is 1. The Morgan fingerprint density at radius 2 is 2.11 bits per heavy atom. The average Bonchev–Trinajstić information content (AvgIpc) is 3.33. The van der Waals surface area contributed by atoms with E-state index in [1.54, 1.807) is 11.8 Å². The van der Waals surface area contributed by atoms with Crippen LogP contribution in [-0.4, -0.2) is 64.8 Å². The molecule has 0 aliphatic carbocycles. The van der Waals surface area contributed by atoms with Crippen molar-refractivity contribution in [1.29, 1.82) is 0 Å². The van der Waals surface area contributed by atoms with Gasteiger partial charge in [-0.1, -0.05) is 33.5 Å². The minimum atomic E-state index is -0.117. The van der Waals surface area contributed by atoms with Crippen LogP contribution >= 0.6 is 34.5 Å². The van der Waals surface area contributed by atoms with Gasteiger partial charge < -0.3 is 4.74 Å².